The second-order valence-electron chi connectivity index (χ2n) is 12.9. The fourth-order valence-corrected chi connectivity index (χ4v) is 6.00. The van der Waals surface area contributed by atoms with Gasteiger partial charge in [0.05, 0.1) is 11.4 Å². The van der Waals surface area contributed by atoms with Crippen LogP contribution in [0.4, 0.5) is 0 Å². The van der Waals surface area contributed by atoms with Crippen LogP contribution in [0, 0.1) is 0 Å². The first-order valence-corrected chi connectivity index (χ1v) is 16.0. The Morgan fingerprint density at radius 2 is 0.565 bits per heavy atom. The van der Waals surface area contributed by atoms with Gasteiger partial charge in [-0.2, -0.15) is 0 Å². The number of aromatic nitrogens is 1. The maximum Gasteiger partial charge on any atom is 0.0712 e. The van der Waals surface area contributed by atoms with Crippen LogP contribution in [0.1, 0.15) is 26.3 Å². The minimum atomic E-state index is -0.0644. The fourth-order valence-electron chi connectivity index (χ4n) is 6.00. The Hall–Kier alpha value is -5.53. The Morgan fingerprint density at radius 3 is 0.826 bits per heavy atom. The van der Waals surface area contributed by atoms with E-state index in [9.17, 15) is 0 Å². The van der Waals surface area contributed by atoms with Gasteiger partial charge >= 0.3 is 0 Å². The molecule has 1 aromatic heterocycles. The first-order valence-electron chi connectivity index (χ1n) is 16.0. The van der Waals surface area contributed by atoms with Gasteiger partial charge in [0.2, 0.25) is 0 Å². The topological polar surface area (TPSA) is 12.9 Å². The minimum absolute atomic E-state index is 0.0644. The van der Waals surface area contributed by atoms with Gasteiger partial charge in [-0.3, -0.25) is 0 Å². The Balaban J connectivity index is 1.45. The van der Waals surface area contributed by atoms with E-state index in [-0.39, 0.29) is 5.41 Å². The summed E-state index contributed by atoms with van der Waals surface area (Å²) in [4.78, 5) is 5.43. The van der Waals surface area contributed by atoms with E-state index in [0.29, 0.717) is 0 Å². The maximum atomic E-state index is 5.43. The predicted octanol–water partition coefficient (Wildman–Crippen LogP) is 12.4. The van der Waals surface area contributed by atoms with E-state index < -0.39 is 0 Å². The van der Waals surface area contributed by atoms with Crippen LogP contribution in [0.3, 0.4) is 0 Å². The van der Waals surface area contributed by atoms with E-state index in [1.807, 2.05) is 0 Å². The van der Waals surface area contributed by atoms with Crippen LogP contribution in [-0.2, 0) is 5.41 Å². The molecule has 0 aliphatic rings. The third kappa shape index (κ3) is 6.32. The number of pyridine rings is 1. The lowest BCUT2D eigenvalue weighted by Crippen LogP contribution is -2.12. The van der Waals surface area contributed by atoms with Crippen molar-refractivity contribution in [3.8, 4) is 67.0 Å². The molecule has 1 heteroatoms. The molecule has 6 aromatic carbocycles. The van der Waals surface area contributed by atoms with Crippen LogP contribution < -0.4 is 0 Å². The average Bonchev–Trinajstić information content (AvgIpc) is 3.12. The van der Waals surface area contributed by atoms with Crippen LogP contribution in [0.25, 0.3) is 67.0 Å². The lowest BCUT2D eigenvalue weighted by atomic mass is 9.85. The van der Waals surface area contributed by atoms with Crippen LogP contribution in [0.5, 0.6) is 0 Å². The van der Waals surface area contributed by atoms with Crippen molar-refractivity contribution in [1.82, 2.24) is 4.98 Å². The fraction of sp³-hybridized carbons (Fsp3) is 0.0889. The molecule has 1 heterocycles. The van der Waals surface area contributed by atoms with Crippen LogP contribution in [0.2, 0.25) is 0 Å². The zero-order valence-electron chi connectivity index (χ0n) is 26.6. The monoisotopic (exact) mass is 591 g/mol. The summed E-state index contributed by atoms with van der Waals surface area (Å²) in [5.41, 5.74) is 14.8. The molecule has 0 bridgehead atoms. The van der Waals surface area contributed by atoms with E-state index in [4.69, 9.17) is 4.98 Å². The van der Waals surface area contributed by atoms with Gasteiger partial charge in [0, 0.05) is 11.1 Å². The lowest BCUT2D eigenvalue weighted by Gasteiger charge is -2.22. The minimum Gasteiger partial charge on any atom is -0.248 e. The van der Waals surface area contributed by atoms with Gasteiger partial charge in [0.25, 0.3) is 0 Å². The highest BCUT2D eigenvalue weighted by Gasteiger charge is 2.19. The second kappa shape index (κ2) is 12.5. The van der Waals surface area contributed by atoms with Gasteiger partial charge in [-0.15, -0.1) is 0 Å². The number of rotatable bonds is 6. The molecule has 0 fully saturated rings. The lowest BCUT2D eigenvalue weighted by molar-refractivity contribution is 0.590. The SMILES string of the molecule is CC(C)(C)c1cc(-c2cc(-c3ccccc3)cc(-c3ccccc3)c2)nc(-c2cc(-c3ccccc3)cc(-c3ccccc3)c2)c1. The summed E-state index contributed by atoms with van der Waals surface area (Å²) in [5.74, 6) is 0. The Bertz CT molecular complexity index is 1830. The molecule has 46 heavy (non-hydrogen) atoms. The van der Waals surface area contributed by atoms with Crippen molar-refractivity contribution in [1.29, 1.82) is 0 Å². The van der Waals surface area contributed by atoms with Crippen molar-refractivity contribution >= 4 is 0 Å². The number of hydrogen-bond acceptors (Lipinski definition) is 1. The Morgan fingerprint density at radius 1 is 0.304 bits per heavy atom. The smallest absolute Gasteiger partial charge is 0.0712 e. The molecule has 7 aromatic rings. The summed E-state index contributed by atoms with van der Waals surface area (Å²) >= 11 is 0. The molecule has 0 N–H and O–H groups in total. The van der Waals surface area contributed by atoms with Gasteiger partial charge in [0.1, 0.15) is 0 Å². The van der Waals surface area contributed by atoms with Crippen LogP contribution in [0.15, 0.2) is 170 Å². The van der Waals surface area contributed by atoms with Crippen LogP contribution in [-0.4, -0.2) is 4.98 Å². The quantitative estimate of drug-likeness (QED) is 0.187. The second-order valence-corrected chi connectivity index (χ2v) is 12.9. The number of benzene rings is 6. The molecule has 7 rings (SSSR count). The third-order valence-electron chi connectivity index (χ3n) is 8.58. The van der Waals surface area contributed by atoms with E-state index in [2.05, 4.69) is 191 Å². The van der Waals surface area contributed by atoms with Gasteiger partial charge in [-0.25, -0.2) is 4.98 Å². The molecule has 0 radical (unpaired) electrons. The van der Waals surface area contributed by atoms with Crippen molar-refractivity contribution in [2.45, 2.75) is 26.2 Å². The molecule has 0 saturated heterocycles. The van der Waals surface area contributed by atoms with Gasteiger partial charge in [-0.1, -0.05) is 142 Å². The predicted molar refractivity (Wildman–Crippen MR) is 196 cm³/mol. The first-order chi connectivity index (χ1) is 22.4. The zero-order chi connectivity index (χ0) is 31.5. The highest BCUT2D eigenvalue weighted by Crippen LogP contribution is 2.38. The number of hydrogen-bond donors (Lipinski definition) is 0. The van der Waals surface area contributed by atoms with Crippen molar-refractivity contribution in [2.75, 3.05) is 0 Å². The molecular weight excluding hydrogens is 555 g/mol. The summed E-state index contributed by atoms with van der Waals surface area (Å²) in [7, 11) is 0. The Kier molecular flexibility index (Phi) is 7.91. The van der Waals surface area contributed by atoms with Gasteiger partial charge < -0.3 is 0 Å². The van der Waals surface area contributed by atoms with Crippen molar-refractivity contribution in [2.24, 2.45) is 0 Å². The van der Waals surface area contributed by atoms with Crippen molar-refractivity contribution < 1.29 is 0 Å². The average molecular weight is 592 g/mol. The molecule has 0 amide bonds. The van der Waals surface area contributed by atoms with Gasteiger partial charge in [0.15, 0.2) is 0 Å². The standard InChI is InChI=1S/C45H37N/c1-45(2,3)42-30-43(40-26-36(32-16-8-4-9-17-32)24-37(27-40)33-18-10-5-11-19-33)46-44(31-42)41-28-38(34-20-12-6-13-21-34)25-39(29-41)35-22-14-7-15-23-35/h4-31H,1-3H3. The molecule has 0 aliphatic carbocycles. The maximum absolute atomic E-state index is 5.43. The zero-order valence-corrected chi connectivity index (χ0v) is 26.6. The summed E-state index contributed by atoms with van der Waals surface area (Å²) in [5, 5.41) is 0. The van der Waals surface area contributed by atoms with E-state index in [1.54, 1.807) is 0 Å². The summed E-state index contributed by atoms with van der Waals surface area (Å²) in [6, 6.07) is 60.8. The molecule has 0 aliphatic heterocycles. The largest absolute Gasteiger partial charge is 0.248 e. The highest BCUT2D eigenvalue weighted by atomic mass is 14.7. The molecule has 0 atom stereocenters. The molecule has 0 spiro atoms. The molecule has 0 unspecified atom stereocenters. The normalized spacial score (nSPS) is 11.4. The van der Waals surface area contributed by atoms with Gasteiger partial charge in [-0.05, 0) is 104 Å². The van der Waals surface area contributed by atoms with E-state index in [1.165, 1.54) is 50.1 Å². The molecular formula is C45H37N. The van der Waals surface area contributed by atoms with Crippen molar-refractivity contribution in [3.63, 3.8) is 0 Å². The molecule has 1 nitrogen and oxygen atoms in total. The summed E-state index contributed by atoms with van der Waals surface area (Å²) in [6.07, 6.45) is 0. The van der Waals surface area contributed by atoms with Crippen molar-refractivity contribution in [3.05, 3.63) is 175 Å². The summed E-state index contributed by atoms with van der Waals surface area (Å²) < 4.78 is 0. The molecule has 0 saturated carbocycles. The number of nitrogens with zero attached hydrogens (tertiary/aromatic N) is 1. The van der Waals surface area contributed by atoms with Crippen LogP contribution >= 0.6 is 0 Å². The highest BCUT2D eigenvalue weighted by molar-refractivity contribution is 5.83. The third-order valence-corrected chi connectivity index (χ3v) is 8.58. The molecule has 222 valence electrons. The summed E-state index contributed by atoms with van der Waals surface area (Å²) in [6.45, 7) is 6.84. The van der Waals surface area contributed by atoms with E-state index in [0.717, 1.165) is 22.5 Å². The first kappa shape index (κ1) is 29.2. The Labute approximate surface area is 272 Å². The van der Waals surface area contributed by atoms with E-state index >= 15 is 0 Å².